The van der Waals surface area contributed by atoms with Crippen LogP contribution in [0.25, 0.3) is 0 Å². The van der Waals surface area contributed by atoms with Gasteiger partial charge in [0.15, 0.2) is 0 Å². The first-order valence-corrected chi connectivity index (χ1v) is 4.30. The van der Waals surface area contributed by atoms with Crippen molar-refractivity contribution in [1.82, 2.24) is 0 Å². The molecule has 0 saturated heterocycles. The third-order valence-electron chi connectivity index (χ3n) is 1.99. The predicted octanol–water partition coefficient (Wildman–Crippen LogP) is 1.87. The van der Waals surface area contributed by atoms with E-state index in [1.54, 1.807) is 6.92 Å². The molecule has 1 unspecified atom stereocenters. The van der Waals surface area contributed by atoms with E-state index < -0.39 is 5.60 Å². The third kappa shape index (κ3) is 2.67. The minimum atomic E-state index is -1.03. The summed E-state index contributed by atoms with van der Waals surface area (Å²) in [6.07, 6.45) is 0.164. The molecule has 0 spiro atoms. The Kier molecular flexibility index (Phi) is 2.83. The van der Waals surface area contributed by atoms with Gasteiger partial charge in [-0.1, -0.05) is 30.3 Å². The zero-order valence-corrected chi connectivity index (χ0v) is 7.95. The Morgan fingerprint density at radius 1 is 1.38 bits per heavy atom. The number of Topliss-reactive ketones (excluding diaryl/α,β-unsaturated/α-hetero) is 1. The van der Waals surface area contributed by atoms with Gasteiger partial charge in [-0.3, -0.25) is 4.79 Å². The number of hydrogen-bond donors (Lipinski definition) is 1. The standard InChI is InChI=1S/C11H14O2/c1-9(12)8-11(2,13)10-6-4-3-5-7-10/h3-7,13H,8H2,1-2H3. The van der Waals surface area contributed by atoms with Gasteiger partial charge in [0.25, 0.3) is 0 Å². The van der Waals surface area contributed by atoms with Crippen molar-refractivity contribution in [2.45, 2.75) is 25.9 Å². The summed E-state index contributed by atoms with van der Waals surface area (Å²) in [6, 6.07) is 9.23. The van der Waals surface area contributed by atoms with Gasteiger partial charge in [-0.2, -0.15) is 0 Å². The van der Waals surface area contributed by atoms with E-state index in [1.165, 1.54) is 6.92 Å². The molecule has 2 nitrogen and oxygen atoms in total. The summed E-state index contributed by atoms with van der Waals surface area (Å²) in [6.45, 7) is 3.14. The van der Waals surface area contributed by atoms with E-state index >= 15 is 0 Å². The van der Waals surface area contributed by atoms with Crippen molar-refractivity contribution in [3.63, 3.8) is 0 Å². The molecule has 70 valence electrons. The largest absolute Gasteiger partial charge is 0.385 e. The molecule has 0 amide bonds. The molecule has 1 N–H and O–H groups in total. The van der Waals surface area contributed by atoms with Crippen molar-refractivity contribution >= 4 is 5.78 Å². The Morgan fingerprint density at radius 3 is 2.38 bits per heavy atom. The van der Waals surface area contributed by atoms with Crippen molar-refractivity contribution in [3.8, 4) is 0 Å². The molecular weight excluding hydrogens is 164 g/mol. The first-order valence-electron chi connectivity index (χ1n) is 4.30. The Morgan fingerprint density at radius 2 is 1.92 bits per heavy atom. The van der Waals surface area contributed by atoms with E-state index in [9.17, 15) is 9.90 Å². The van der Waals surface area contributed by atoms with Gasteiger partial charge in [0, 0.05) is 6.42 Å². The summed E-state index contributed by atoms with van der Waals surface area (Å²) in [5.74, 6) is -0.00569. The van der Waals surface area contributed by atoms with Gasteiger partial charge >= 0.3 is 0 Å². The Hall–Kier alpha value is -1.15. The summed E-state index contributed by atoms with van der Waals surface area (Å²) >= 11 is 0. The van der Waals surface area contributed by atoms with Gasteiger partial charge in [-0.25, -0.2) is 0 Å². The molecule has 0 aliphatic carbocycles. The zero-order chi connectivity index (χ0) is 9.90. The van der Waals surface area contributed by atoms with Crippen molar-refractivity contribution in [3.05, 3.63) is 35.9 Å². The molecule has 0 saturated carbocycles. The predicted molar refractivity (Wildman–Crippen MR) is 51.3 cm³/mol. The number of ketones is 1. The maximum atomic E-state index is 10.9. The molecule has 0 heterocycles. The van der Waals surface area contributed by atoms with Crippen LogP contribution in [0.5, 0.6) is 0 Å². The molecule has 1 atom stereocenters. The second-order valence-electron chi connectivity index (χ2n) is 3.52. The number of rotatable bonds is 3. The van der Waals surface area contributed by atoms with E-state index in [2.05, 4.69) is 0 Å². The quantitative estimate of drug-likeness (QED) is 0.767. The lowest BCUT2D eigenvalue weighted by atomic mass is 9.91. The average molecular weight is 178 g/mol. The lowest BCUT2D eigenvalue weighted by molar-refractivity contribution is -0.121. The molecule has 0 fully saturated rings. The van der Waals surface area contributed by atoms with Crippen LogP contribution in [0, 0.1) is 0 Å². The molecule has 0 aromatic heterocycles. The van der Waals surface area contributed by atoms with Crippen molar-refractivity contribution in [1.29, 1.82) is 0 Å². The molecule has 1 aromatic carbocycles. The minimum absolute atomic E-state index is 0.00569. The molecule has 0 aliphatic rings. The number of hydrogen-bond acceptors (Lipinski definition) is 2. The van der Waals surface area contributed by atoms with Crippen LogP contribution in [0.1, 0.15) is 25.8 Å². The van der Waals surface area contributed by atoms with E-state index in [0.717, 1.165) is 5.56 Å². The lowest BCUT2D eigenvalue weighted by Gasteiger charge is -2.22. The van der Waals surface area contributed by atoms with Crippen LogP contribution in [-0.2, 0) is 10.4 Å². The molecule has 1 aromatic rings. The topological polar surface area (TPSA) is 37.3 Å². The van der Waals surface area contributed by atoms with E-state index in [4.69, 9.17) is 0 Å². The van der Waals surface area contributed by atoms with Crippen LogP contribution in [0.3, 0.4) is 0 Å². The van der Waals surface area contributed by atoms with Crippen LogP contribution < -0.4 is 0 Å². The molecule has 0 aliphatic heterocycles. The number of carbonyl (C=O) groups is 1. The summed E-state index contributed by atoms with van der Waals surface area (Å²) in [7, 11) is 0. The third-order valence-corrected chi connectivity index (χ3v) is 1.99. The monoisotopic (exact) mass is 178 g/mol. The van der Waals surface area contributed by atoms with Crippen LogP contribution in [0.4, 0.5) is 0 Å². The molecule has 0 radical (unpaired) electrons. The van der Waals surface area contributed by atoms with Gasteiger partial charge in [-0.05, 0) is 19.4 Å². The van der Waals surface area contributed by atoms with Crippen LogP contribution >= 0.6 is 0 Å². The first-order chi connectivity index (χ1) is 6.02. The van der Waals surface area contributed by atoms with E-state index in [1.807, 2.05) is 30.3 Å². The zero-order valence-electron chi connectivity index (χ0n) is 7.95. The van der Waals surface area contributed by atoms with Crippen LogP contribution in [0.15, 0.2) is 30.3 Å². The second kappa shape index (κ2) is 3.71. The Labute approximate surface area is 78.2 Å². The van der Waals surface area contributed by atoms with Gasteiger partial charge in [0.1, 0.15) is 5.78 Å². The van der Waals surface area contributed by atoms with Gasteiger partial charge in [-0.15, -0.1) is 0 Å². The van der Waals surface area contributed by atoms with Crippen molar-refractivity contribution in [2.75, 3.05) is 0 Å². The summed E-state index contributed by atoms with van der Waals surface area (Å²) < 4.78 is 0. The van der Waals surface area contributed by atoms with Crippen molar-refractivity contribution < 1.29 is 9.90 Å². The molecule has 13 heavy (non-hydrogen) atoms. The Bertz CT molecular complexity index is 288. The lowest BCUT2D eigenvalue weighted by Crippen LogP contribution is -2.23. The highest BCUT2D eigenvalue weighted by molar-refractivity contribution is 5.76. The van der Waals surface area contributed by atoms with Gasteiger partial charge in [0.05, 0.1) is 5.60 Å². The molecule has 1 rings (SSSR count). The maximum Gasteiger partial charge on any atom is 0.133 e. The summed E-state index contributed by atoms with van der Waals surface area (Å²) in [4.78, 5) is 10.9. The maximum absolute atomic E-state index is 10.9. The average Bonchev–Trinajstić information content (AvgIpc) is 2.04. The van der Waals surface area contributed by atoms with Crippen molar-refractivity contribution in [2.24, 2.45) is 0 Å². The molecule has 0 bridgehead atoms. The number of aliphatic hydroxyl groups is 1. The van der Waals surface area contributed by atoms with Gasteiger partial charge < -0.3 is 5.11 Å². The Balaban J connectivity index is 2.87. The smallest absolute Gasteiger partial charge is 0.133 e. The van der Waals surface area contributed by atoms with Gasteiger partial charge in [0.2, 0.25) is 0 Å². The fourth-order valence-electron chi connectivity index (χ4n) is 1.38. The van der Waals surface area contributed by atoms with E-state index in [-0.39, 0.29) is 12.2 Å². The minimum Gasteiger partial charge on any atom is -0.385 e. The molecular formula is C11H14O2. The van der Waals surface area contributed by atoms with Crippen LogP contribution in [0.2, 0.25) is 0 Å². The fourth-order valence-corrected chi connectivity index (χ4v) is 1.38. The number of benzene rings is 1. The second-order valence-corrected chi connectivity index (χ2v) is 3.52. The summed E-state index contributed by atoms with van der Waals surface area (Å²) in [5.41, 5.74) is -0.252. The summed E-state index contributed by atoms with van der Waals surface area (Å²) in [5, 5.41) is 9.94. The highest BCUT2D eigenvalue weighted by Crippen LogP contribution is 2.23. The fraction of sp³-hybridized carbons (Fsp3) is 0.364. The highest BCUT2D eigenvalue weighted by Gasteiger charge is 2.24. The normalized spacial score (nSPS) is 15.0. The highest BCUT2D eigenvalue weighted by atomic mass is 16.3. The van der Waals surface area contributed by atoms with Crippen LogP contribution in [-0.4, -0.2) is 10.9 Å². The van der Waals surface area contributed by atoms with E-state index in [0.29, 0.717) is 0 Å². The molecule has 2 heteroatoms. The first kappa shape index (κ1) is 9.93. The number of carbonyl (C=O) groups excluding carboxylic acids is 1. The SMILES string of the molecule is CC(=O)CC(C)(O)c1ccccc1.